The molecular weight excluding hydrogens is 262 g/mol. The van der Waals surface area contributed by atoms with Crippen molar-refractivity contribution in [1.29, 1.82) is 0 Å². The Kier molecular flexibility index (Phi) is 3.45. The van der Waals surface area contributed by atoms with E-state index in [0.29, 0.717) is 11.2 Å². The Labute approximate surface area is 116 Å². The quantitative estimate of drug-likeness (QED) is 0.891. The van der Waals surface area contributed by atoms with Gasteiger partial charge in [-0.05, 0) is 26.2 Å². The highest BCUT2D eigenvalue weighted by Crippen LogP contribution is 2.57. The van der Waals surface area contributed by atoms with Crippen LogP contribution in [-0.2, 0) is 4.74 Å². The molecular formula is C13H19N3O2S. The molecule has 0 bridgehead atoms. The monoisotopic (exact) mass is 281 g/mol. The van der Waals surface area contributed by atoms with Crippen LogP contribution in [0.4, 0.5) is 9.93 Å². The van der Waals surface area contributed by atoms with Crippen molar-refractivity contribution in [3.63, 3.8) is 0 Å². The van der Waals surface area contributed by atoms with Gasteiger partial charge >= 0.3 is 6.03 Å². The molecule has 2 N–H and O–H groups in total. The van der Waals surface area contributed by atoms with E-state index in [4.69, 9.17) is 4.74 Å². The molecule has 5 nitrogen and oxygen atoms in total. The van der Waals surface area contributed by atoms with Gasteiger partial charge in [-0.15, -0.1) is 11.3 Å². The Morgan fingerprint density at radius 1 is 1.63 bits per heavy atom. The van der Waals surface area contributed by atoms with Crippen LogP contribution in [0.5, 0.6) is 0 Å². The number of amides is 2. The number of anilines is 1. The maximum absolute atomic E-state index is 11.9. The fourth-order valence-electron chi connectivity index (χ4n) is 3.22. The number of hydrogen-bond acceptors (Lipinski definition) is 4. The van der Waals surface area contributed by atoms with E-state index in [9.17, 15) is 4.79 Å². The molecule has 1 aromatic heterocycles. The molecule has 6 heteroatoms. The zero-order valence-electron chi connectivity index (χ0n) is 11.0. The van der Waals surface area contributed by atoms with Crippen molar-refractivity contribution in [2.45, 2.75) is 44.8 Å². The fraction of sp³-hybridized carbons (Fsp3) is 0.692. The second-order valence-corrected chi connectivity index (χ2v) is 6.15. The number of hydrogen-bond donors (Lipinski definition) is 2. The van der Waals surface area contributed by atoms with Crippen LogP contribution in [0, 0.1) is 5.41 Å². The van der Waals surface area contributed by atoms with E-state index in [-0.39, 0.29) is 17.5 Å². The summed E-state index contributed by atoms with van der Waals surface area (Å²) < 4.78 is 5.77. The van der Waals surface area contributed by atoms with Gasteiger partial charge in [0, 0.05) is 29.6 Å². The first-order valence-electron chi connectivity index (χ1n) is 6.83. The molecule has 19 heavy (non-hydrogen) atoms. The van der Waals surface area contributed by atoms with Crippen molar-refractivity contribution in [1.82, 2.24) is 10.3 Å². The van der Waals surface area contributed by atoms with Gasteiger partial charge in [-0.2, -0.15) is 0 Å². The van der Waals surface area contributed by atoms with E-state index in [1.54, 1.807) is 6.20 Å². The van der Waals surface area contributed by atoms with Crippen LogP contribution in [-0.4, -0.2) is 29.8 Å². The van der Waals surface area contributed by atoms with Gasteiger partial charge in [0.15, 0.2) is 5.13 Å². The summed E-state index contributed by atoms with van der Waals surface area (Å²) in [6.07, 6.45) is 6.52. The predicted octanol–water partition coefficient (Wildman–Crippen LogP) is 2.61. The molecule has 2 fully saturated rings. The normalized spacial score (nSPS) is 27.4. The zero-order valence-corrected chi connectivity index (χ0v) is 11.8. The van der Waals surface area contributed by atoms with Crippen LogP contribution in [0.1, 0.15) is 32.6 Å². The van der Waals surface area contributed by atoms with Crippen molar-refractivity contribution in [2.24, 2.45) is 5.41 Å². The van der Waals surface area contributed by atoms with Crippen LogP contribution in [0.3, 0.4) is 0 Å². The van der Waals surface area contributed by atoms with Gasteiger partial charge in [0.1, 0.15) is 0 Å². The highest BCUT2D eigenvalue weighted by Gasteiger charge is 2.59. The molecule has 2 aliphatic rings. The first-order chi connectivity index (χ1) is 9.24. The molecule has 2 atom stereocenters. The lowest BCUT2D eigenvalue weighted by Gasteiger charge is -2.60. The molecule has 0 unspecified atom stereocenters. The van der Waals surface area contributed by atoms with E-state index in [1.807, 2.05) is 12.3 Å². The Hall–Kier alpha value is -1.14. The molecule has 3 rings (SSSR count). The Morgan fingerprint density at radius 3 is 3.05 bits per heavy atom. The highest BCUT2D eigenvalue weighted by atomic mass is 32.1. The number of rotatable bonds is 4. The van der Waals surface area contributed by atoms with E-state index in [0.717, 1.165) is 13.0 Å². The number of urea groups is 1. The standard InChI is InChI=1S/C13H19N3O2S/c1-2-18-10-8-9(13(10)4-3-5-13)15-11(17)16-12-14-6-7-19-12/h6-7,9-10H,2-5,8H2,1H3,(H2,14,15,16,17)/t9-,10+/m1/s1. The largest absolute Gasteiger partial charge is 0.378 e. The minimum absolute atomic E-state index is 0.152. The van der Waals surface area contributed by atoms with Crippen LogP contribution in [0.15, 0.2) is 11.6 Å². The van der Waals surface area contributed by atoms with Gasteiger partial charge in [0.2, 0.25) is 0 Å². The number of ether oxygens (including phenoxy) is 1. The van der Waals surface area contributed by atoms with E-state index in [1.165, 1.54) is 30.6 Å². The number of nitrogens with zero attached hydrogens (tertiary/aromatic N) is 1. The smallest absolute Gasteiger partial charge is 0.321 e. The summed E-state index contributed by atoms with van der Waals surface area (Å²) in [6.45, 7) is 2.78. The minimum atomic E-state index is -0.152. The van der Waals surface area contributed by atoms with Gasteiger partial charge in [-0.25, -0.2) is 9.78 Å². The van der Waals surface area contributed by atoms with Gasteiger partial charge in [-0.3, -0.25) is 5.32 Å². The summed E-state index contributed by atoms with van der Waals surface area (Å²) in [4.78, 5) is 16.0. The maximum Gasteiger partial charge on any atom is 0.321 e. The van der Waals surface area contributed by atoms with Crippen molar-refractivity contribution in [3.05, 3.63) is 11.6 Å². The summed E-state index contributed by atoms with van der Waals surface area (Å²) in [6, 6.07) is 0.0962. The first kappa shape index (κ1) is 12.9. The first-order valence-corrected chi connectivity index (χ1v) is 7.71. The third-order valence-electron chi connectivity index (χ3n) is 4.40. The van der Waals surface area contributed by atoms with Gasteiger partial charge in [-0.1, -0.05) is 6.42 Å². The molecule has 2 amide bonds. The van der Waals surface area contributed by atoms with Gasteiger partial charge < -0.3 is 10.1 Å². The SMILES string of the molecule is CCO[C@H]1C[C@@H](NC(=O)Nc2nccs2)C12CCC2. The van der Waals surface area contributed by atoms with Crippen molar-refractivity contribution < 1.29 is 9.53 Å². The summed E-state index contributed by atoms with van der Waals surface area (Å²) in [5.74, 6) is 0. The van der Waals surface area contributed by atoms with Crippen LogP contribution >= 0.6 is 11.3 Å². The topological polar surface area (TPSA) is 63.2 Å². The molecule has 104 valence electrons. The molecule has 0 radical (unpaired) electrons. The number of thiazole rings is 1. The average molecular weight is 281 g/mol. The van der Waals surface area contributed by atoms with Crippen LogP contribution in [0.2, 0.25) is 0 Å². The summed E-state index contributed by atoms with van der Waals surface area (Å²) in [5.41, 5.74) is 0.205. The second kappa shape index (κ2) is 5.09. The summed E-state index contributed by atoms with van der Waals surface area (Å²) in [7, 11) is 0. The summed E-state index contributed by atoms with van der Waals surface area (Å²) >= 11 is 1.42. The predicted molar refractivity (Wildman–Crippen MR) is 74.4 cm³/mol. The lowest BCUT2D eigenvalue weighted by molar-refractivity contribution is -0.169. The number of nitrogens with one attached hydrogen (secondary N) is 2. The van der Waals surface area contributed by atoms with E-state index >= 15 is 0 Å². The Morgan fingerprint density at radius 2 is 2.47 bits per heavy atom. The zero-order chi connectivity index (χ0) is 13.3. The fourth-order valence-corrected chi connectivity index (χ4v) is 3.74. The number of aromatic nitrogens is 1. The summed E-state index contributed by atoms with van der Waals surface area (Å²) in [5, 5.41) is 8.33. The van der Waals surface area contributed by atoms with Crippen molar-refractivity contribution in [3.8, 4) is 0 Å². The molecule has 1 spiro atoms. The van der Waals surface area contributed by atoms with E-state index in [2.05, 4.69) is 15.6 Å². The van der Waals surface area contributed by atoms with Crippen LogP contribution < -0.4 is 10.6 Å². The number of carbonyl (C=O) groups is 1. The molecule has 1 heterocycles. The van der Waals surface area contributed by atoms with E-state index < -0.39 is 0 Å². The average Bonchev–Trinajstić information content (AvgIpc) is 2.78. The highest BCUT2D eigenvalue weighted by molar-refractivity contribution is 7.13. The molecule has 0 aliphatic heterocycles. The number of carbonyl (C=O) groups excluding carboxylic acids is 1. The van der Waals surface area contributed by atoms with Gasteiger partial charge in [0.25, 0.3) is 0 Å². The minimum Gasteiger partial charge on any atom is -0.378 e. The molecule has 1 aromatic rings. The van der Waals surface area contributed by atoms with Gasteiger partial charge in [0.05, 0.1) is 6.10 Å². The van der Waals surface area contributed by atoms with Crippen molar-refractivity contribution >= 4 is 22.5 Å². The molecule has 0 saturated heterocycles. The third-order valence-corrected chi connectivity index (χ3v) is 5.08. The second-order valence-electron chi connectivity index (χ2n) is 5.25. The third kappa shape index (κ3) is 2.23. The maximum atomic E-state index is 11.9. The van der Waals surface area contributed by atoms with Crippen molar-refractivity contribution in [2.75, 3.05) is 11.9 Å². The Balaban J connectivity index is 1.54. The van der Waals surface area contributed by atoms with Crippen LogP contribution in [0.25, 0.3) is 0 Å². The lowest BCUT2D eigenvalue weighted by atomic mass is 9.51. The Bertz CT molecular complexity index is 445. The molecule has 0 aromatic carbocycles. The molecule has 2 aliphatic carbocycles. The lowest BCUT2D eigenvalue weighted by Crippen LogP contribution is -2.68. The molecule has 2 saturated carbocycles.